The minimum atomic E-state index is -0.812. The first kappa shape index (κ1) is 10.9. The van der Waals surface area contributed by atoms with Gasteiger partial charge in [-0.1, -0.05) is 11.2 Å². The summed E-state index contributed by atoms with van der Waals surface area (Å²) in [5.74, 6) is 1.16. The molecule has 3 heterocycles. The molecule has 1 N–H and O–H groups in total. The standard InChI is InChI=1S/C11H12FN3OS/c12-7-4-9(13-6-7)11-14-10(15-16-11)5-8-2-1-3-17-8/h1-3,7,9,13H,4-6H2/t7-,9+/m0/s1. The van der Waals surface area contributed by atoms with Gasteiger partial charge in [-0.2, -0.15) is 4.98 Å². The van der Waals surface area contributed by atoms with E-state index in [1.807, 2.05) is 17.5 Å². The van der Waals surface area contributed by atoms with E-state index in [4.69, 9.17) is 4.52 Å². The van der Waals surface area contributed by atoms with Crippen molar-refractivity contribution >= 4 is 11.3 Å². The number of nitrogens with one attached hydrogen (secondary N) is 1. The van der Waals surface area contributed by atoms with Crippen LogP contribution in [0.2, 0.25) is 0 Å². The predicted molar refractivity (Wildman–Crippen MR) is 61.7 cm³/mol. The van der Waals surface area contributed by atoms with Crippen molar-refractivity contribution in [1.29, 1.82) is 0 Å². The van der Waals surface area contributed by atoms with E-state index in [0.29, 0.717) is 31.1 Å². The number of hydrogen-bond donors (Lipinski definition) is 1. The highest BCUT2D eigenvalue weighted by Crippen LogP contribution is 2.24. The Morgan fingerprint density at radius 3 is 3.24 bits per heavy atom. The average molecular weight is 253 g/mol. The van der Waals surface area contributed by atoms with Gasteiger partial charge >= 0.3 is 0 Å². The summed E-state index contributed by atoms with van der Waals surface area (Å²) in [5.41, 5.74) is 0. The monoisotopic (exact) mass is 253 g/mol. The van der Waals surface area contributed by atoms with Crippen molar-refractivity contribution in [3.05, 3.63) is 34.1 Å². The van der Waals surface area contributed by atoms with Gasteiger partial charge in [0, 0.05) is 24.3 Å². The van der Waals surface area contributed by atoms with Crippen LogP contribution < -0.4 is 5.32 Å². The summed E-state index contributed by atoms with van der Waals surface area (Å²) in [6, 6.07) is 3.90. The number of thiophene rings is 1. The largest absolute Gasteiger partial charge is 0.338 e. The van der Waals surface area contributed by atoms with Crippen molar-refractivity contribution in [2.75, 3.05) is 6.54 Å². The first-order valence-corrected chi connectivity index (χ1v) is 6.41. The van der Waals surface area contributed by atoms with E-state index >= 15 is 0 Å². The van der Waals surface area contributed by atoms with Gasteiger partial charge in [0.25, 0.3) is 0 Å². The SMILES string of the molecule is F[C@@H]1CN[C@@H](c2nc(Cc3cccs3)no2)C1. The molecule has 0 bridgehead atoms. The Balaban J connectivity index is 1.70. The molecule has 2 aromatic heterocycles. The van der Waals surface area contributed by atoms with Crippen molar-refractivity contribution < 1.29 is 8.91 Å². The zero-order chi connectivity index (χ0) is 11.7. The highest BCUT2D eigenvalue weighted by atomic mass is 32.1. The van der Waals surface area contributed by atoms with Crippen LogP contribution in [0.5, 0.6) is 0 Å². The molecule has 1 aliphatic heterocycles. The minimum absolute atomic E-state index is 0.130. The second-order valence-electron chi connectivity index (χ2n) is 4.10. The highest BCUT2D eigenvalue weighted by Gasteiger charge is 2.29. The van der Waals surface area contributed by atoms with Crippen LogP contribution in [0.3, 0.4) is 0 Å². The summed E-state index contributed by atoms with van der Waals surface area (Å²) in [4.78, 5) is 5.50. The number of rotatable bonds is 3. The molecule has 2 aromatic rings. The Hall–Kier alpha value is -1.27. The summed E-state index contributed by atoms with van der Waals surface area (Å²) in [6.07, 6.45) is 0.278. The lowest BCUT2D eigenvalue weighted by molar-refractivity contribution is 0.322. The fourth-order valence-electron chi connectivity index (χ4n) is 1.93. The van der Waals surface area contributed by atoms with Gasteiger partial charge in [-0.25, -0.2) is 4.39 Å². The fourth-order valence-corrected chi connectivity index (χ4v) is 2.63. The number of aromatic nitrogens is 2. The molecule has 2 atom stereocenters. The lowest BCUT2D eigenvalue weighted by atomic mass is 10.2. The van der Waals surface area contributed by atoms with Crippen LogP contribution in [0.25, 0.3) is 0 Å². The highest BCUT2D eigenvalue weighted by molar-refractivity contribution is 7.09. The van der Waals surface area contributed by atoms with Crippen LogP contribution in [-0.2, 0) is 6.42 Å². The fraction of sp³-hybridized carbons (Fsp3) is 0.455. The molecule has 0 spiro atoms. The van der Waals surface area contributed by atoms with Gasteiger partial charge in [0.1, 0.15) is 6.17 Å². The zero-order valence-electron chi connectivity index (χ0n) is 9.10. The van der Waals surface area contributed by atoms with Crippen molar-refractivity contribution in [3.63, 3.8) is 0 Å². The molecule has 1 aliphatic rings. The quantitative estimate of drug-likeness (QED) is 0.910. The van der Waals surface area contributed by atoms with Crippen molar-refractivity contribution in [3.8, 4) is 0 Å². The third kappa shape index (κ3) is 2.37. The predicted octanol–water partition coefficient (Wildman–Crippen LogP) is 2.09. The Morgan fingerprint density at radius 2 is 2.53 bits per heavy atom. The van der Waals surface area contributed by atoms with Gasteiger partial charge in [0.15, 0.2) is 5.82 Å². The molecule has 1 fully saturated rings. The molecular weight excluding hydrogens is 241 g/mol. The van der Waals surface area contributed by atoms with Gasteiger partial charge in [-0.3, -0.25) is 0 Å². The maximum absolute atomic E-state index is 13.0. The molecule has 0 aromatic carbocycles. The van der Waals surface area contributed by atoms with Crippen LogP contribution in [0.1, 0.15) is 29.1 Å². The number of hydrogen-bond acceptors (Lipinski definition) is 5. The Labute approximate surface area is 102 Å². The lowest BCUT2D eigenvalue weighted by Gasteiger charge is -2.00. The Morgan fingerprint density at radius 1 is 1.59 bits per heavy atom. The number of alkyl halides is 1. The van der Waals surface area contributed by atoms with Crippen LogP contribution >= 0.6 is 11.3 Å². The molecule has 1 saturated heterocycles. The van der Waals surface area contributed by atoms with E-state index in [-0.39, 0.29) is 6.04 Å². The number of nitrogens with zero attached hydrogens (tertiary/aromatic N) is 2. The molecule has 17 heavy (non-hydrogen) atoms. The van der Waals surface area contributed by atoms with Crippen LogP contribution in [0.15, 0.2) is 22.0 Å². The topological polar surface area (TPSA) is 51.0 Å². The van der Waals surface area contributed by atoms with Gasteiger partial charge in [-0.05, 0) is 11.4 Å². The summed E-state index contributed by atoms with van der Waals surface area (Å²) in [7, 11) is 0. The van der Waals surface area contributed by atoms with Crippen LogP contribution in [-0.4, -0.2) is 22.9 Å². The van der Waals surface area contributed by atoms with Crippen molar-refractivity contribution in [2.24, 2.45) is 0 Å². The van der Waals surface area contributed by atoms with Crippen LogP contribution in [0, 0.1) is 0 Å². The second-order valence-corrected chi connectivity index (χ2v) is 5.13. The van der Waals surface area contributed by atoms with Gasteiger partial charge in [0.2, 0.25) is 5.89 Å². The molecule has 0 radical (unpaired) electrons. The van der Waals surface area contributed by atoms with E-state index in [1.54, 1.807) is 11.3 Å². The maximum atomic E-state index is 13.0. The smallest absolute Gasteiger partial charge is 0.243 e. The normalized spacial score (nSPS) is 24.3. The van der Waals surface area contributed by atoms with E-state index in [9.17, 15) is 4.39 Å². The van der Waals surface area contributed by atoms with Gasteiger partial charge < -0.3 is 9.84 Å². The first-order valence-electron chi connectivity index (χ1n) is 5.53. The van der Waals surface area contributed by atoms with Crippen molar-refractivity contribution in [2.45, 2.75) is 25.1 Å². The van der Waals surface area contributed by atoms with E-state index in [2.05, 4.69) is 15.5 Å². The van der Waals surface area contributed by atoms with Crippen molar-refractivity contribution in [1.82, 2.24) is 15.5 Å². The average Bonchev–Trinajstić information content (AvgIpc) is 2.99. The molecule has 0 unspecified atom stereocenters. The van der Waals surface area contributed by atoms with E-state index in [0.717, 1.165) is 0 Å². The molecule has 4 nitrogen and oxygen atoms in total. The Bertz CT molecular complexity index is 485. The zero-order valence-corrected chi connectivity index (χ0v) is 9.91. The molecule has 90 valence electrons. The molecule has 0 saturated carbocycles. The third-order valence-corrected chi connectivity index (χ3v) is 3.65. The molecule has 3 rings (SSSR count). The Kier molecular flexibility index (Phi) is 2.90. The van der Waals surface area contributed by atoms with Gasteiger partial charge in [-0.15, -0.1) is 11.3 Å². The molecule has 0 aliphatic carbocycles. The number of halogens is 1. The first-order chi connectivity index (χ1) is 8.31. The summed E-state index contributed by atoms with van der Waals surface area (Å²) in [5, 5.41) is 8.96. The maximum Gasteiger partial charge on any atom is 0.243 e. The van der Waals surface area contributed by atoms with E-state index < -0.39 is 6.17 Å². The molecule has 6 heteroatoms. The second kappa shape index (κ2) is 4.54. The van der Waals surface area contributed by atoms with E-state index in [1.165, 1.54) is 4.88 Å². The summed E-state index contributed by atoms with van der Waals surface area (Å²) < 4.78 is 18.2. The third-order valence-electron chi connectivity index (χ3n) is 2.77. The molecule has 0 amide bonds. The van der Waals surface area contributed by atoms with Crippen LogP contribution in [0.4, 0.5) is 4.39 Å². The summed E-state index contributed by atoms with van der Waals surface area (Å²) >= 11 is 1.66. The van der Waals surface area contributed by atoms with Gasteiger partial charge in [0.05, 0.1) is 6.04 Å². The molecular formula is C11H12FN3OS. The lowest BCUT2D eigenvalue weighted by Crippen LogP contribution is -2.14. The minimum Gasteiger partial charge on any atom is -0.338 e. The summed E-state index contributed by atoms with van der Waals surface area (Å²) in [6.45, 7) is 0.368.